The van der Waals surface area contributed by atoms with Crippen LogP contribution in [0.15, 0.2) is 35.3 Å². The number of aryl methyl sites for hydroxylation is 2. The van der Waals surface area contributed by atoms with E-state index in [9.17, 15) is 9.59 Å². The lowest BCUT2D eigenvalue weighted by Crippen LogP contribution is -2.38. The van der Waals surface area contributed by atoms with Gasteiger partial charge >= 0.3 is 0 Å². The zero-order valence-electron chi connectivity index (χ0n) is 18.7. The standard InChI is InChI=1S/C24H24Cl3N3O3S/c1-13-5-6-14(2)19(8-13)29-24-30(12-15-4-3-7-33-15)23(32)21(34-24)11-22(31)28-20-10-17(26)16(25)9-18(20)27/h5-6,8-10,15,21H,3-4,7,11-12H2,1-2H3,(H,28,31)/t15-,21-/m0/s1. The van der Waals surface area contributed by atoms with Crippen molar-refractivity contribution in [2.45, 2.75) is 44.5 Å². The Morgan fingerprint density at radius 3 is 2.68 bits per heavy atom. The van der Waals surface area contributed by atoms with Crippen molar-refractivity contribution in [2.75, 3.05) is 18.5 Å². The van der Waals surface area contributed by atoms with E-state index < -0.39 is 5.25 Å². The zero-order valence-corrected chi connectivity index (χ0v) is 21.8. The van der Waals surface area contributed by atoms with E-state index in [0.717, 1.165) is 29.7 Å². The highest BCUT2D eigenvalue weighted by Gasteiger charge is 2.40. The number of hydrogen-bond acceptors (Lipinski definition) is 5. The van der Waals surface area contributed by atoms with E-state index in [2.05, 4.69) is 5.32 Å². The third kappa shape index (κ3) is 5.89. The molecule has 2 saturated heterocycles. The highest BCUT2D eigenvalue weighted by atomic mass is 35.5. The smallest absolute Gasteiger partial charge is 0.242 e. The molecule has 34 heavy (non-hydrogen) atoms. The van der Waals surface area contributed by atoms with Crippen LogP contribution in [0.3, 0.4) is 0 Å². The van der Waals surface area contributed by atoms with Crippen LogP contribution in [-0.2, 0) is 14.3 Å². The van der Waals surface area contributed by atoms with E-state index in [1.807, 2.05) is 32.0 Å². The first-order chi connectivity index (χ1) is 16.2. The Bertz CT molecular complexity index is 1150. The molecule has 0 aliphatic carbocycles. The van der Waals surface area contributed by atoms with Gasteiger partial charge in [0, 0.05) is 13.0 Å². The molecule has 2 aliphatic rings. The van der Waals surface area contributed by atoms with Gasteiger partial charge in [0.05, 0.1) is 39.1 Å². The molecule has 2 atom stereocenters. The Kier molecular flexibility index (Phi) is 8.10. The topological polar surface area (TPSA) is 71.0 Å². The number of thioether (sulfide) groups is 1. The third-order valence-electron chi connectivity index (χ3n) is 5.67. The Hall–Kier alpha value is -1.77. The number of nitrogens with zero attached hydrogens (tertiary/aromatic N) is 2. The normalized spacial score (nSPS) is 21.5. The number of aliphatic imine (C=N–C) groups is 1. The van der Waals surface area contributed by atoms with Crippen molar-refractivity contribution in [3.8, 4) is 0 Å². The minimum absolute atomic E-state index is 0.0315. The second-order valence-electron chi connectivity index (χ2n) is 8.37. The summed E-state index contributed by atoms with van der Waals surface area (Å²) in [5, 5.41) is 3.55. The molecule has 0 radical (unpaired) electrons. The number of ether oxygens (including phenoxy) is 1. The average Bonchev–Trinajstić information content (AvgIpc) is 3.39. The lowest BCUT2D eigenvalue weighted by molar-refractivity contribution is -0.129. The lowest BCUT2D eigenvalue weighted by Gasteiger charge is -2.20. The molecule has 2 aliphatic heterocycles. The largest absolute Gasteiger partial charge is 0.376 e. The highest BCUT2D eigenvalue weighted by molar-refractivity contribution is 8.15. The first-order valence-corrected chi connectivity index (χ1v) is 12.9. The molecular formula is C24H24Cl3N3O3S. The summed E-state index contributed by atoms with van der Waals surface area (Å²) < 4.78 is 5.76. The minimum atomic E-state index is -0.605. The Morgan fingerprint density at radius 1 is 1.18 bits per heavy atom. The summed E-state index contributed by atoms with van der Waals surface area (Å²) in [6.07, 6.45) is 1.80. The number of benzene rings is 2. The molecule has 0 unspecified atom stereocenters. The average molecular weight is 541 g/mol. The number of hydrogen-bond donors (Lipinski definition) is 1. The number of carbonyl (C=O) groups is 2. The second kappa shape index (κ2) is 10.9. The van der Waals surface area contributed by atoms with E-state index in [4.69, 9.17) is 44.5 Å². The van der Waals surface area contributed by atoms with Crippen molar-refractivity contribution in [3.05, 3.63) is 56.5 Å². The van der Waals surface area contributed by atoms with Crippen LogP contribution in [0.5, 0.6) is 0 Å². The molecular weight excluding hydrogens is 517 g/mol. The van der Waals surface area contributed by atoms with Gasteiger partial charge in [-0.05, 0) is 56.0 Å². The summed E-state index contributed by atoms with van der Waals surface area (Å²) in [7, 11) is 0. The number of amides is 2. The summed E-state index contributed by atoms with van der Waals surface area (Å²) in [6, 6.07) is 8.98. The fourth-order valence-corrected chi connectivity index (χ4v) is 5.57. The van der Waals surface area contributed by atoms with E-state index >= 15 is 0 Å². The molecule has 2 aromatic carbocycles. The van der Waals surface area contributed by atoms with Gasteiger partial charge in [0.25, 0.3) is 0 Å². The summed E-state index contributed by atoms with van der Waals surface area (Å²) in [5.74, 6) is -0.504. The molecule has 0 spiro atoms. The first-order valence-electron chi connectivity index (χ1n) is 10.9. The van der Waals surface area contributed by atoms with Gasteiger partial charge in [0.2, 0.25) is 11.8 Å². The number of rotatable bonds is 6. The second-order valence-corrected chi connectivity index (χ2v) is 10.8. The molecule has 2 amide bonds. The zero-order chi connectivity index (χ0) is 24.4. The van der Waals surface area contributed by atoms with Crippen molar-refractivity contribution in [1.82, 2.24) is 4.90 Å². The number of anilines is 1. The van der Waals surface area contributed by atoms with Crippen LogP contribution in [0.25, 0.3) is 0 Å². The van der Waals surface area contributed by atoms with Gasteiger partial charge in [-0.3, -0.25) is 14.5 Å². The molecule has 0 bridgehead atoms. The fourth-order valence-electron chi connectivity index (χ4n) is 3.82. The Morgan fingerprint density at radius 2 is 1.94 bits per heavy atom. The van der Waals surface area contributed by atoms with Gasteiger partial charge in [-0.25, -0.2) is 4.99 Å². The van der Waals surface area contributed by atoms with Gasteiger partial charge in [-0.2, -0.15) is 0 Å². The molecule has 6 nitrogen and oxygen atoms in total. The molecule has 180 valence electrons. The van der Waals surface area contributed by atoms with E-state index in [-0.39, 0.29) is 34.4 Å². The first kappa shape index (κ1) is 25.3. The van der Waals surface area contributed by atoms with Crippen molar-refractivity contribution in [2.24, 2.45) is 4.99 Å². The van der Waals surface area contributed by atoms with Crippen LogP contribution >= 0.6 is 46.6 Å². The molecule has 4 rings (SSSR count). The van der Waals surface area contributed by atoms with Crippen molar-refractivity contribution in [1.29, 1.82) is 0 Å². The van der Waals surface area contributed by atoms with Gasteiger partial charge in [0.1, 0.15) is 5.25 Å². The predicted octanol–water partition coefficient (Wildman–Crippen LogP) is 6.40. The quantitative estimate of drug-likeness (QED) is 0.430. The molecule has 2 fully saturated rings. The van der Waals surface area contributed by atoms with Crippen LogP contribution in [0, 0.1) is 13.8 Å². The summed E-state index contributed by atoms with van der Waals surface area (Å²) in [5.41, 5.74) is 3.25. The third-order valence-corrected chi connectivity index (χ3v) is 7.88. The number of carbonyl (C=O) groups excluding carboxylic acids is 2. The fraction of sp³-hybridized carbons (Fsp3) is 0.375. The van der Waals surface area contributed by atoms with Crippen molar-refractivity contribution in [3.63, 3.8) is 0 Å². The molecule has 2 aromatic rings. The van der Waals surface area contributed by atoms with E-state index in [1.54, 1.807) is 4.90 Å². The van der Waals surface area contributed by atoms with E-state index in [0.29, 0.717) is 29.0 Å². The number of amidine groups is 1. The maximum atomic E-state index is 13.3. The minimum Gasteiger partial charge on any atom is -0.376 e. The predicted molar refractivity (Wildman–Crippen MR) is 140 cm³/mol. The molecule has 0 saturated carbocycles. The lowest BCUT2D eigenvalue weighted by atomic mass is 10.1. The summed E-state index contributed by atoms with van der Waals surface area (Å²) in [6.45, 7) is 5.10. The van der Waals surface area contributed by atoms with Crippen LogP contribution in [0.1, 0.15) is 30.4 Å². The SMILES string of the molecule is Cc1ccc(C)c(N=C2S[C@@H](CC(=O)Nc3cc(Cl)c(Cl)cc3Cl)C(=O)N2C[C@@H]2CCCO2)c1. The van der Waals surface area contributed by atoms with Crippen LogP contribution < -0.4 is 5.32 Å². The maximum absolute atomic E-state index is 13.3. The number of halogens is 3. The van der Waals surface area contributed by atoms with Crippen LogP contribution in [-0.4, -0.2) is 46.4 Å². The summed E-state index contributed by atoms with van der Waals surface area (Å²) >= 11 is 19.5. The van der Waals surface area contributed by atoms with E-state index in [1.165, 1.54) is 23.9 Å². The number of nitrogens with one attached hydrogen (secondary N) is 1. The highest BCUT2D eigenvalue weighted by Crippen LogP contribution is 2.35. The Balaban J connectivity index is 1.54. The van der Waals surface area contributed by atoms with Gasteiger partial charge < -0.3 is 10.1 Å². The molecule has 1 N–H and O–H groups in total. The molecule has 2 heterocycles. The van der Waals surface area contributed by atoms with Gasteiger partial charge in [0.15, 0.2) is 5.17 Å². The molecule has 10 heteroatoms. The van der Waals surface area contributed by atoms with Crippen LogP contribution in [0.2, 0.25) is 15.1 Å². The van der Waals surface area contributed by atoms with Crippen molar-refractivity contribution >= 4 is 74.9 Å². The van der Waals surface area contributed by atoms with Crippen LogP contribution in [0.4, 0.5) is 11.4 Å². The molecule has 0 aromatic heterocycles. The maximum Gasteiger partial charge on any atom is 0.242 e. The van der Waals surface area contributed by atoms with Crippen molar-refractivity contribution < 1.29 is 14.3 Å². The van der Waals surface area contributed by atoms with Gasteiger partial charge in [-0.15, -0.1) is 0 Å². The van der Waals surface area contributed by atoms with Gasteiger partial charge in [-0.1, -0.05) is 58.7 Å². The Labute approximate surface area is 218 Å². The monoisotopic (exact) mass is 539 g/mol. The summed E-state index contributed by atoms with van der Waals surface area (Å²) in [4.78, 5) is 32.6.